The fourth-order valence-corrected chi connectivity index (χ4v) is 4.80. The summed E-state index contributed by atoms with van der Waals surface area (Å²) in [7, 11) is -3.91. The number of benzene rings is 2. The van der Waals surface area contributed by atoms with E-state index in [1.807, 2.05) is 13.8 Å². The minimum absolute atomic E-state index is 0.106. The highest BCUT2D eigenvalue weighted by Gasteiger charge is 2.32. The largest absolute Gasteiger partial charge is 0.352 e. The van der Waals surface area contributed by atoms with E-state index in [1.54, 1.807) is 25.1 Å². The van der Waals surface area contributed by atoms with Crippen LogP contribution in [0.5, 0.6) is 0 Å². The summed E-state index contributed by atoms with van der Waals surface area (Å²) in [5.74, 6) is -1.55. The van der Waals surface area contributed by atoms with Crippen molar-refractivity contribution < 1.29 is 22.4 Å². The normalized spacial score (nSPS) is 13.1. The Hall–Kier alpha value is -2.36. The van der Waals surface area contributed by atoms with Crippen LogP contribution < -0.4 is 9.62 Å². The van der Waals surface area contributed by atoms with Crippen LogP contribution in [0, 0.1) is 5.82 Å². The Labute approximate surface area is 216 Å². The van der Waals surface area contributed by atoms with E-state index in [0.29, 0.717) is 22.0 Å². The van der Waals surface area contributed by atoms with Gasteiger partial charge in [-0.25, -0.2) is 12.8 Å². The molecule has 2 aromatic rings. The highest BCUT2D eigenvalue weighted by Crippen LogP contribution is 2.27. The van der Waals surface area contributed by atoms with Crippen molar-refractivity contribution >= 4 is 50.7 Å². The van der Waals surface area contributed by atoms with E-state index in [9.17, 15) is 22.4 Å². The Balaban J connectivity index is 2.49. The van der Waals surface area contributed by atoms with Gasteiger partial charge < -0.3 is 10.2 Å². The second-order valence-electron chi connectivity index (χ2n) is 8.21. The summed E-state index contributed by atoms with van der Waals surface area (Å²) < 4.78 is 39.4. The molecule has 2 aromatic carbocycles. The Bertz CT molecular complexity index is 1130. The lowest BCUT2D eigenvalue weighted by Crippen LogP contribution is -2.53. The molecule has 1 N–H and O–H groups in total. The smallest absolute Gasteiger partial charge is 0.244 e. The van der Waals surface area contributed by atoms with Gasteiger partial charge in [-0.15, -0.1) is 0 Å². The third-order valence-electron chi connectivity index (χ3n) is 5.57. The molecule has 0 aromatic heterocycles. The molecule has 7 nitrogen and oxygen atoms in total. The number of rotatable bonds is 11. The maximum absolute atomic E-state index is 13.6. The molecule has 192 valence electrons. The molecular formula is C24H30Cl2FN3O4S. The van der Waals surface area contributed by atoms with Crippen molar-refractivity contribution in [1.82, 2.24) is 10.2 Å². The zero-order valence-electron chi connectivity index (χ0n) is 20.1. The van der Waals surface area contributed by atoms with Crippen molar-refractivity contribution in [2.75, 3.05) is 17.1 Å². The first kappa shape index (κ1) is 28.9. The second kappa shape index (κ2) is 12.6. The monoisotopic (exact) mass is 545 g/mol. The fourth-order valence-electron chi connectivity index (χ4n) is 3.44. The Morgan fingerprint density at radius 3 is 2.09 bits per heavy atom. The van der Waals surface area contributed by atoms with Crippen molar-refractivity contribution in [3.05, 3.63) is 63.9 Å². The number of sulfonamides is 1. The minimum Gasteiger partial charge on any atom is -0.352 e. The van der Waals surface area contributed by atoms with Crippen LogP contribution in [0.15, 0.2) is 42.5 Å². The summed E-state index contributed by atoms with van der Waals surface area (Å²) in [6, 6.07) is 8.62. The maximum Gasteiger partial charge on any atom is 0.244 e. The van der Waals surface area contributed by atoms with Gasteiger partial charge >= 0.3 is 0 Å². The van der Waals surface area contributed by atoms with Gasteiger partial charge in [0.15, 0.2) is 0 Å². The van der Waals surface area contributed by atoms with Crippen LogP contribution in [-0.2, 0) is 26.2 Å². The van der Waals surface area contributed by atoms with E-state index >= 15 is 0 Å². The number of hydrogen-bond donors (Lipinski definition) is 1. The van der Waals surface area contributed by atoms with E-state index in [2.05, 4.69) is 5.32 Å². The van der Waals surface area contributed by atoms with Crippen LogP contribution in [0.25, 0.3) is 0 Å². The first-order valence-corrected chi connectivity index (χ1v) is 13.7. The molecule has 2 atom stereocenters. The molecule has 0 saturated heterocycles. The van der Waals surface area contributed by atoms with Gasteiger partial charge in [-0.05, 0) is 56.2 Å². The van der Waals surface area contributed by atoms with Crippen LogP contribution in [0.4, 0.5) is 10.1 Å². The van der Waals surface area contributed by atoms with Crippen LogP contribution >= 0.6 is 23.2 Å². The molecule has 11 heteroatoms. The summed E-state index contributed by atoms with van der Waals surface area (Å²) >= 11 is 12.7. The minimum atomic E-state index is -3.91. The van der Waals surface area contributed by atoms with Crippen molar-refractivity contribution in [3.8, 4) is 0 Å². The second-order valence-corrected chi connectivity index (χ2v) is 10.9. The van der Waals surface area contributed by atoms with Crippen molar-refractivity contribution in [3.63, 3.8) is 0 Å². The Morgan fingerprint density at radius 2 is 1.60 bits per heavy atom. The number of nitrogens with one attached hydrogen (secondary N) is 1. The maximum atomic E-state index is 13.6. The number of carbonyl (C=O) groups is 2. The number of carbonyl (C=O) groups excluding carboxylic acids is 2. The van der Waals surface area contributed by atoms with Crippen molar-refractivity contribution in [2.45, 2.75) is 52.2 Å². The summed E-state index contributed by atoms with van der Waals surface area (Å²) in [5, 5.41) is 3.50. The molecule has 0 fully saturated rings. The molecule has 0 aliphatic rings. The van der Waals surface area contributed by atoms with Crippen molar-refractivity contribution in [2.24, 2.45) is 0 Å². The molecule has 0 aliphatic carbocycles. The van der Waals surface area contributed by atoms with Gasteiger partial charge in [0.1, 0.15) is 18.4 Å². The molecule has 0 radical (unpaired) electrons. The number of halogens is 3. The third-order valence-corrected chi connectivity index (χ3v) is 7.42. The first-order valence-electron chi connectivity index (χ1n) is 11.1. The molecule has 0 heterocycles. The molecule has 0 aliphatic heterocycles. The van der Waals surface area contributed by atoms with Crippen molar-refractivity contribution in [1.29, 1.82) is 0 Å². The summed E-state index contributed by atoms with van der Waals surface area (Å²) in [6.45, 7) is 4.82. The van der Waals surface area contributed by atoms with Gasteiger partial charge in [-0.3, -0.25) is 13.9 Å². The van der Waals surface area contributed by atoms with Gasteiger partial charge in [-0.2, -0.15) is 0 Å². The van der Waals surface area contributed by atoms with E-state index in [4.69, 9.17) is 23.2 Å². The lowest BCUT2D eigenvalue weighted by molar-refractivity contribution is -0.140. The van der Waals surface area contributed by atoms with E-state index < -0.39 is 34.3 Å². The van der Waals surface area contributed by atoms with Gasteiger partial charge in [0, 0.05) is 28.2 Å². The van der Waals surface area contributed by atoms with E-state index in [1.165, 1.54) is 17.0 Å². The van der Waals surface area contributed by atoms with Crippen LogP contribution in [-0.4, -0.2) is 50.0 Å². The highest BCUT2D eigenvalue weighted by molar-refractivity contribution is 7.92. The number of anilines is 1. The average Bonchev–Trinajstić information content (AvgIpc) is 2.78. The topological polar surface area (TPSA) is 86.8 Å². The molecule has 0 bridgehead atoms. The van der Waals surface area contributed by atoms with E-state index in [0.717, 1.165) is 22.7 Å². The third kappa shape index (κ3) is 7.81. The zero-order valence-corrected chi connectivity index (χ0v) is 22.4. The summed E-state index contributed by atoms with van der Waals surface area (Å²) in [5.41, 5.74) is 0.557. The number of amides is 2. The van der Waals surface area contributed by atoms with Gasteiger partial charge in [0.05, 0.1) is 11.9 Å². The summed E-state index contributed by atoms with van der Waals surface area (Å²) in [4.78, 5) is 28.0. The lowest BCUT2D eigenvalue weighted by Gasteiger charge is -2.33. The van der Waals surface area contributed by atoms with Crippen LogP contribution in [0.3, 0.4) is 0 Å². The van der Waals surface area contributed by atoms with E-state index in [-0.39, 0.29) is 30.6 Å². The Kier molecular flexibility index (Phi) is 10.4. The Morgan fingerprint density at radius 1 is 1.03 bits per heavy atom. The summed E-state index contributed by atoms with van der Waals surface area (Å²) in [6.07, 6.45) is 1.91. The van der Waals surface area contributed by atoms with Gasteiger partial charge in [-0.1, -0.05) is 43.1 Å². The van der Waals surface area contributed by atoms with Crippen LogP contribution in [0.2, 0.25) is 10.0 Å². The molecule has 2 rings (SSSR count). The van der Waals surface area contributed by atoms with Gasteiger partial charge in [0.25, 0.3) is 0 Å². The number of hydrogen-bond acceptors (Lipinski definition) is 4. The predicted octanol–water partition coefficient (Wildman–Crippen LogP) is 4.62. The molecule has 0 unspecified atom stereocenters. The molecule has 35 heavy (non-hydrogen) atoms. The quantitative estimate of drug-likeness (QED) is 0.446. The standard InChI is InChI=1S/C24H30Cl2FN3O4S/c1-5-16(3)28-24(32)22(6-2)29(14-19-20(25)8-7-9-21(19)26)23(31)15-30(35(4,33)34)18-12-10-17(27)11-13-18/h7-13,16,22H,5-6,14-15H2,1-4H3,(H,28,32)/t16-,22-/m1/s1. The molecule has 0 spiro atoms. The molecular weight excluding hydrogens is 516 g/mol. The fraction of sp³-hybridized carbons (Fsp3) is 0.417. The van der Waals surface area contributed by atoms with Crippen LogP contribution in [0.1, 0.15) is 39.2 Å². The average molecular weight is 546 g/mol. The zero-order chi connectivity index (χ0) is 26.3. The lowest BCUT2D eigenvalue weighted by atomic mass is 10.1. The predicted molar refractivity (Wildman–Crippen MR) is 138 cm³/mol. The SMILES string of the molecule is CC[C@@H](C)NC(=O)[C@@H](CC)N(Cc1c(Cl)cccc1Cl)C(=O)CN(c1ccc(F)cc1)S(C)(=O)=O. The number of nitrogens with zero attached hydrogens (tertiary/aromatic N) is 2. The van der Waals surface area contributed by atoms with Gasteiger partial charge in [0.2, 0.25) is 21.8 Å². The highest BCUT2D eigenvalue weighted by atomic mass is 35.5. The molecule has 0 saturated carbocycles. The first-order chi connectivity index (χ1) is 16.4. The molecule has 2 amide bonds.